The molecule has 0 aromatic carbocycles. The van der Waals surface area contributed by atoms with Gasteiger partial charge < -0.3 is 10.2 Å². The van der Waals surface area contributed by atoms with Gasteiger partial charge in [0, 0.05) is 6.04 Å². The van der Waals surface area contributed by atoms with E-state index in [0.29, 0.717) is 11.2 Å². The van der Waals surface area contributed by atoms with Gasteiger partial charge >= 0.3 is 0 Å². The number of rotatable bonds is 4. The Morgan fingerprint density at radius 2 is 2.00 bits per heavy atom. The summed E-state index contributed by atoms with van der Waals surface area (Å²) in [5.41, 5.74) is 5.73. The molecule has 1 fully saturated rings. The summed E-state index contributed by atoms with van der Waals surface area (Å²) in [6, 6.07) is 3.06. The Kier molecular flexibility index (Phi) is 4.03. The minimum Gasteiger partial charge on any atom is -0.447 e. The first kappa shape index (κ1) is 14.6. The molecule has 0 unspecified atom stereocenters. The summed E-state index contributed by atoms with van der Waals surface area (Å²) in [5.74, 6) is 0.477. The van der Waals surface area contributed by atoms with Gasteiger partial charge in [0.2, 0.25) is 5.09 Å². The zero-order valence-electron chi connectivity index (χ0n) is 11.5. The highest BCUT2D eigenvalue weighted by Crippen LogP contribution is 2.35. The molecule has 1 aliphatic carbocycles. The summed E-state index contributed by atoms with van der Waals surface area (Å²) in [5, 5.41) is -0.0437. The fourth-order valence-electron chi connectivity index (χ4n) is 2.41. The number of furan rings is 1. The third-order valence-corrected chi connectivity index (χ3v) is 5.16. The lowest BCUT2D eigenvalue weighted by atomic mass is 9.76. The fourth-order valence-corrected chi connectivity index (χ4v) is 3.66. The van der Waals surface area contributed by atoms with Crippen LogP contribution in [0.1, 0.15) is 45.3 Å². The molecular formula is C13H22N2O3S. The first-order valence-electron chi connectivity index (χ1n) is 6.63. The molecule has 0 amide bonds. The van der Waals surface area contributed by atoms with Crippen LogP contribution in [0.2, 0.25) is 0 Å². The SMILES string of the molecule is CC1(C)CCC(NS(=O)(=O)c2ccc(CN)o2)CC1. The van der Waals surface area contributed by atoms with Crippen LogP contribution >= 0.6 is 0 Å². The molecule has 1 heterocycles. The van der Waals surface area contributed by atoms with E-state index in [0.717, 1.165) is 25.7 Å². The molecule has 0 atom stereocenters. The van der Waals surface area contributed by atoms with Gasteiger partial charge in [-0.05, 0) is 43.2 Å². The van der Waals surface area contributed by atoms with Crippen LogP contribution in [0.4, 0.5) is 0 Å². The molecule has 1 aromatic heterocycles. The quantitative estimate of drug-likeness (QED) is 0.886. The Morgan fingerprint density at radius 1 is 1.37 bits per heavy atom. The zero-order valence-corrected chi connectivity index (χ0v) is 12.3. The molecule has 108 valence electrons. The minimum absolute atomic E-state index is 0.00412. The molecule has 0 bridgehead atoms. The van der Waals surface area contributed by atoms with E-state index in [2.05, 4.69) is 18.6 Å². The maximum Gasteiger partial charge on any atom is 0.274 e. The number of hydrogen-bond donors (Lipinski definition) is 2. The molecule has 6 heteroatoms. The second-order valence-corrected chi connectivity index (χ2v) is 7.63. The Hall–Kier alpha value is -0.850. The van der Waals surface area contributed by atoms with Crippen molar-refractivity contribution in [2.45, 2.75) is 57.2 Å². The molecule has 1 saturated carbocycles. The summed E-state index contributed by atoms with van der Waals surface area (Å²) in [6.45, 7) is 4.64. The monoisotopic (exact) mass is 286 g/mol. The highest BCUT2D eigenvalue weighted by Gasteiger charge is 2.30. The molecule has 0 saturated heterocycles. The molecule has 5 nitrogen and oxygen atoms in total. The average molecular weight is 286 g/mol. The van der Waals surface area contributed by atoms with Crippen molar-refractivity contribution in [2.75, 3.05) is 0 Å². The third kappa shape index (κ3) is 3.58. The Balaban J connectivity index is 2.02. The molecular weight excluding hydrogens is 264 g/mol. The van der Waals surface area contributed by atoms with Crippen LogP contribution in [0, 0.1) is 5.41 Å². The normalized spacial score (nSPS) is 20.6. The van der Waals surface area contributed by atoms with Gasteiger partial charge in [0.25, 0.3) is 10.0 Å². The molecule has 1 aliphatic rings. The van der Waals surface area contributed by atoms with Crippen LogP contribution < -0.4 is 10.5 Å². The molecule has 0 spiro atoms. The van der Waals surface area contributed by atoms with Crippen molar-refractivity contribution in [3.63, 3.8) is 0 Å². The lowest BCUT2D eigenvalue weighted by Gasteiger charge is -2.34. The van der Waals surface area contributed by atoms with Crippen LogP contribution in [-0.2, 0) is 16.6 Å². The maximum atomic E-state index is 12.1. The van der Waals surface area contributed by atoms with E-state index in [4.69, 9.17) is 10.2 Å². The van der Waals surface area contributed by atoms with Crippen molar-refractivity contribution in [1.29, 1.82) is 0 Å². The lowest BCUT2D eigenvalue weighted by Crippen LogP contribution is -2.39. The Bertz CT molecular complexity index is 524. The van der Waals surface area contributed by atoms with Crippen molar-refractivity contribution < 1.29 is 12.8 Å². The van der Waals surface area contributed by atoms with E-state index in [-0.39, 0.29) is 17.7 Å². The first-order chi connectivity index (χ1) is 8.82. The number of nitrogens with one attached hydrogen (secondary N) is 1. The summed E-state index contributed by atoms with van der Waals surface area (Å²) >= 11 is 0. The number of sulfonamides is 1. The molecule has 1 aromatic rings. The number of nitrogens with two attached hydrogens (primary N) is 1. The zero-order chi connectivity index (χ0) is 14.1. The maximum absolute atomic E-state index is 12.1. The van der Waals surface area contributed by atoms with Gasteiger partial charge in [0.05, 0.1) is 6.54 Å². The summed E-state index contributed by atoms with van der Waals surface area (Å²) in [7, 11) is -3.56. The molecule has 3 N–H and O–H groups in total. The lowest BCUT2D eigenvalue weighted by molar-refractivity contribution is 0.217. The fraction of sp³-hybridized carbons (Fsp3) is 0.692. The largest absolute Gasteiger partial charge is 0.447 e. The molecule has 0 radical (unpaired) electrons. The van der Waals surface area contributed by atoms with E-state index in [1.165, 1.54) is 6.07 Å². The van der Waals surface area contributed by atoms with Gasteiger partial charge in [0.15, 0.2) is 0 Å². The van der Waals surface area contributed by atoms with Crippen LogP contribution in [0.15, 0.2) is 21.6 Å². The van der Waals surface area contributed by atoms with Gasteiger partial charge in [-0.3, -0.25) is 0 Å². The summed E-state index contributed by atoms with van der Waals surface area (Å²) in [4.78, 5) is 0. The van der Waals surface area contributed by atoms with Gasteiger partial charge in [-0.2, -0.15) is 0 Å². The second kappa shape index (κ2) is 5.26. The topological polar surface area (TPSA) is 85.3 Å². The highest BCUT2D eigenvalue weighted by molar-refractivity contribution is 7.89. The van der Waals surface area contributed by atoms with E-state index >= 15 is 0 Å². The van der Waals surface area contributed by atoms with E-state index < -0.39 is 10.0 Å². The van der Waals surface area contributed by atoms with E-state index in [9.17, 15) is 8.42 Å². The predicted molar refractivity (Wildman–Crippen MR) is 73.0 cm³/mol. The average Bonchev–Trinajstić information content (AvgIpc) is 2.81. The van der Waals surface area contributed by atoms with Crippen molar-refractivity contribution in [1.82, 2.24) is 4.72 Å². The van der Waals surface area contributed by atoms with Crippen LogP contribution in [0.3, 0.4) is 0 Å². The molecule has 0 aliphatic heterocycles. The Morgan fingerprint density at radius 3 is 2.53 bits per heavy atom. The van der Waals surface area contributed by atoms with Gasteiger partial charge in [-0.1, -0.05) is 13.8 Å². The van der Waals surface area contributed by atoms with Crippen LogP contribution in [0.5, 0.6) is 0 Å². The highest BCUT2D eigenvalue weighted by atomic mass is 32.2. The third-order valence-electron chi connectivity index (χ3n) is 3.76. The first-order valence-corrected chi connectivity index (χ1v) is 8.12. The van der Waals surface area contributed by atoms with E-state index in [1.54, 1.807) is 6.07 Å². The van der Waals surface area contributed by atoms with Crippen LogP contribution in [-0.4, -0.2) is 14.5 Å². The van der Waals surface area contributed by atoms with Gasteiger partial charge in [0.1, 0.15) is 5.76 Å². The summed E-state index contributed by atoms with van der Waals surface area (Å²) < 4.78 is 32.2. The van der Waals surface area contributed by atoms with Crippen molar-refractivity contribution in [3.8, 4) is 0 Å². The smallest absolute Gasteiger partial charge is 0.274 e. The number of hydrogen-bond acceptors (Lipinski definition) is 4. The standard InChI is InChI=1S/C13H22N2O3S/c1-13(2)7-5-10(6-8-13)15-19(16,17)12-4-3-11(9-14)18-12/h3-4,10,15H,5-9,14H2,1-2H3. The Labute approximate surface area is 114 Å². The van der Waals surface area contributed by atoms with Crippen LogP contribution in [0.25, 0.3) is 0 Å². The second-order valence-electron chi connectivity index (χ2n) is 5.98. The van der Waals surface area contributed by atoms with Crippen molar-refractivity contribution in [2.24, 2.45) is 11.1 Å². The van der Waals surface area contributed by atoms with Gasteiger partial charge in [-0.15, -0.1) is 0 Å². The van der Waals surface area contributed by atoms with E-state index in [1.807, 2.05) is 0 Å². The van der Waals surface area contributed by atoms with Gasteiger partial charge in [-0.25, -0.2) is 13.1 Å². The van der Waals surface area contributed by atoms with Crippen molar-refractivity contribution in [3.05, 3.63) is 17.9 Å². The summed E-state index contributed by atoms with van der Waals surface area (Å²) in [6.07, 6.45) is 3.81. The molecule has 2 rings (SSSR count). The van der Waals surface area contributed by atoms with Crippen molar-refractivity contribution >= 4 is 10.0 Å². The predicted octanol–water partition coefficient (Wildman–Crippen LogP) is 1.99. The minimum atomic E-state index is -3.56. The molecule has 19 heavy (non-hydrogen) atoms.